The van der Waals surface area contributed by atoms with Crippen molar-refractivity contribution < 1.29 is 4.42 Å². The Morgan fingerprint density at radius 2 is 1.10 bits per heavy atom. The number of furan rings is 1. The first-order valence-corrected chi connectivity index (χ1v) is 17.3. The Morgan fingerprint density at radius 3 is 1.98 bits per heavy atom. The number of rotatable bonds is 2. The number of anilines is 3. The maximum atomic E-state index is 6.31. The molecular formula is C47H33NO. The fourth-order valence-corrected chi connectivity index (χ4v) is 9.72. The zero-order chi connectivity index (χ0) is 32.6. The van der Waals surface area contributed by atoms with Gasteiger partial charge in [0.15, 0.2) is 0 Å². The number of hydrogen-bond donors (Lipinski definition) is 0. The van der Waals surface area contributed by atoms with Crippen molar-refractivity contribution in [2.45, 2.75) is 31.6 Å². The molecule has 232 valence electrons. The van der Waals surface area contributed by atoms with Crippen LogP contribution in [0.4, 0.5) is 17.1 Å². The number of fused-ring (bicyclic) bond motifs is 12. The van der Waals surface area contributed by atoms with Crippen LogP contribution < -0.4 is 4.90 Å². The Bertz CT molecular complexity index is 2730. The molecule has 0 saturated carbocycles. The molecule has 0 bridgehead atoms. The van der Waals surface area contributed by atoms with E-state index in [2.05, 4.69) is 159 Å². The Morgan fingerprint density at radius 1 is 0.449 bits per heavy atom. The zero-order valence-corrected chi connectivity index (χ0v) is 27.7. The highest BCUT2D eigenvalue weighted by Gasteiger charge is 2.52. The van der Waals surface area contributed by atoms with Crippen LogP contribution in [0.25, 0.3) is 55.3 Å². The smallest absolute Gasteiger partial charge is 0.136 e. The molecule has 2 nitrogen and oxygen atoms in total. The topological polar surface area (TPSA) is 16.4 Å². The summed E-state index contributed by atoms with van der Waals surface area (Å²) < 4.78 is 6.31. The van der Waals surface area contributed by atoms with Gasteiger partial charge in [-0.3, -0.25) is 0 Å². The highest BCUT2D eigenvalue weighted by Crippen LogP contribution is 2.66. The predicted molar refractivity (Wildman–Crippen MR) is 202 cm³/mol. The van der Waals surface area contributed by atoms with Crippen LogP contribution in [-0.4, -0.2) is 0 Å². The third-order valence-corrected chi connectivity index (χ3v) is 11.8. The maximum Gasteiger partial charge on any atom is 0.136 e. The molecule has 8 aromatic rings. The zero-order valence-electron chi connectivity index (χ0n) is 27.7. The van der Waals surface area contributed by atoms with Crippen molar-refractivity contribution in [1.29, 1.82) is 0 Å². The summed E-state index contributed by atoms with van der Waals surface area (Å²) in [5, 5.41) is 2.30. The van der Waals surface area contributed by atoms with Crippen LogP contribution in [0.1, 0.15) is 48.6 Å². The van der Waals surface area contributed by atoms with Crippen molar-refractivity contribution in [3.8, 4) is 33.4 Å². The normalized spacial score (nSPS) is 17.5. The first kappa shape index (κ1) is 27.1. The number of nitrogens with zero attached hydrogens (tertiary/aromatic N) is 1. The summed E-state index contributed by atoms with van der Waals surface area (Å²) in [5.74, 6) is 0. The van der Waals surface area contributed by atoms with Gasteiger partial charge in [0.25, 0.3) is 0 Å². The minimum absolute atomic E-state index is 0.153. The molecule has 1 atom stereocenters. The van der Waals surface area contributed by atoms with E-state index in [0.717, 1.165) is 33.2 Å². The lowest BCUT2D eigenvalue weighted by molar-refractivity contribution is 0.615. The average molecular weight is 628 g/mol. The van der Waals surface area contributed by atoms with Gasteiger partial charge in [-0.25, -0.2) is 0 Å². The molecule has 0 fully saturated rings. The summed E-state index contributed by atoms with van der Waals surface area (Å²) in [7, 11) is 0. The highest BCUT2D eigenvalue weighted by molar-refractivity contribution is 6.06. The van der Waals surface area contributed by atoms with E-state index in [1.165, 1.54) is 67.0 Å². The second-order valence-corrected chi connectivity index (χ2v) is 14.6. The van der Waals surface area contributed by atoms with Crippen molar-refractivity contribution in [2.75, 3.05) is 4.90 Å². The summed E-state index contributed by atoms with van der Waals surface area (Å²) in [6.07, 6.45) is 0. The van der Waals surface area contributed by atoms with Crippen LogP contribution in [0, 0.1) is 0 Å². The van der Waals surface area contributed by atoms with E-state index in [1.54, 1.807) is 0 Å². The van der Waals surface area contributed by atoms with Crippen molar-refractivity contribution >= 4 is 39.0 Å². The molecule has 0 spiro atoms. The van der Waals surface area contributed by atoms with E-state index in [4.69, 9.17) is 4.42 Å². The molecule has 1 aromatic heterocycles. The summed E-state index contributed by atoms with van der Waals surface area (Å²) in [6.45, 7) is 7.32. The van der Waals surface area contributed by atoms with Crippen molar-refractivity contribution in [3.63, 3.8) is 0 Å². The molecule has 3 aliphatic rings. The summed E-state index contributed by atoms with van der Waals surface area (Å²) in [6, 6.07) is 53.7. The van der Waals surface area contributed by atoms with Gasteiger partial charge in [0.1, 0.15) is 11.2 Å². The van der Waals surface area contributed by atoms with Gasteiger partial charge in [-0.15, -0.1) is 0 Å². The lowest BCUT2D eigenvalue weighted by Gasteiger charge is -2.45. The van der Waals surface area contributed by atoms with Crippen LogP contribution in [0.3, 0.4) is 0 Å². The van der Waals surface area contributed by atoms with E-state index in [9.17, 15) is 0 Å². The molecule has 1 unspecified atom stereocenters. The number of para-hydroxylation sites is 1. The predicted octanol–water partition coefficient (Wildman–Crippen LogP) is 12.7. The van der Waals surface area contributed by atoms with Crippen LogP contribution in [0.15, 0.2) is 150 Å². The Kier molecular flexibility index (Phi) is 5.08. The van der Waals surface area contributed by atoms with Gasteiger partial charge in [0, 0.05) is 27.3 Å². The molecule has 49 heavy (non-hydrogen) atoms. The van der Waals surface area contributed by atoms with E-state index in [1.807, 2.05) is 12.1 Å². The van der Waals surface area contributed by atoms with Crippen molar-refractivity contribution in [3.05, 3.63) is 173 Å². The molecule has 2 heteroatoms. The SMILES string of the molecule is CC1(C)c2ccccc2-c2ccc3c(c21)C1(C)c2ccccc2-c2cccc(c21)N3c1cccc(-c2ccc3c(c2)oc2ccccc23)c1. The van der Waals surface area contributed by atoms with Gasteiger partial charge in [0.2, 0.25) is 0 Å². The molecule has 0 N–H and O–H groups in total. The van der Waals surface area contributed by atoms with Gasteiger partial charge >= 0.3 is 0 Å². The summed E-state index contributed by atoms with van der Waals surface area (Å²) in [4.78, 5) is 2.53. The highest BCUT2D eigenvalue weighted by atomic mass is 16.3. The third-order valence-electron chi connectivity index (χ3n) is 11.8. The summed E-state index contributed by atoms with van der Waals surface area (Å²) in [5.41, 5.74) is 19.8. The van der Waals surface area contributed by atoms with Crippen molar-refractivity contribution in [2.24, 2.45) is 0 Å². The number of hydrogen-bond acceptors (Lipinski definition) is 2. The Labute approximate surface area is 285 Å². The van der Waals surface area contributed by atoms with Crippen LogP contribution in [-0.2, 0) is 10.8 Å². The molecule has 1 aliphatic heterocycles. The molecule has 2 heterocycles. The van der Waals surface area contributed by atoms with Gasteiger partial charge in [0.05, 0.1) is 11.4 Å². The average Bonchev–Trinajstić information content (AvgIpc) is 3.73. The van der Waals surface area contributed by atoms with Gasteiger partial charge in [-0.2, -0.15) is 0 Å². The lowest BCUT2D eigenvalue weighted by atomic mass is 9.65. The second-order valence-electron chi connectivity index (χ2n) is 14.6. The first-order chi connectivity index (χ1) is 23.9. The fourth-order valence-electron chi connectivity index (χ4n) is 9.72. The van der Waals surface area contributed by atoms with Gasteiger partial charge < -0.3 is 9.32 Å². The molecular weight excluding hydrogens is 595 g/mol. The van der Waals surface area contributed by atoms with Crippen LogP contribution in [0.5, 0.6) is 0 Å². The minimum atomic E-state index is -0.303. The Balaban J connectivity index is 1.18. The Hall–Kier alpha value is -5.86. The monoisotopic (exact) mass is 627 g/mol. The largest absolute Gasteiger partial charge is 0.456 e. The number of benzene rings is 7. The van der Waals surface area contributed by atoms with Crippen LogP contribution >= 0.6 is 0 Å². The van der Waals surface area contributed by atoms with Crippen molar-refractivity contribution in [1.82, 2.24) is 0 Å². The maximum absolute atomic E-state index is 6.31. The third kappa shape index (κ3) is 3.31. The lowest BCUT2D eigenvalue weighted by Crippen LogP contribution is -2.35. The summed E-state index contributed by atoms with van der Waals surface area (Å²) >= 11 is 0. The molecule has 2 aliphatic carbocycles. The minimum Gasteiger partial charge on any atom is -0.456 e. The van der Waals surface area contributed by atoms with E-state index in [-0.39, 0.29) is 10.8 Å². The van der Waals surface area contributed by atoms with E-state index in [0.29, 0.717) is 0 Å². The molecule has 7 aromatic carbocycles. The molecule has 11 rings (SSSR count). The van der Waals surface area contributed by atoms with Gasteiger partial charge in [-0.1, -0.05) is 117 Å². The van der Waals surface area contributed by atoms with Crippen LogP contribution in [0.2, 0.25) is 0 Å². The van der Waals surface area contributed by atoms with E-state index >= 15 is 0 Å². The quantitative estimate of drug-likeness (QED) is 0.190. The van der Waals surface area contributed by atoms with Gasteiger partial charge in [-0.05, 0) is 111 Å². The molecule has 0 radical (unpaired) electrons. The second kappa shape index (κ2) is 9.18. The first-order valence-electron chi connectivity index (χ1n) is 17.3. The fraction of sp³-hybridized carbons (Fsp3) is 0.106. The molecule has 0 saturated heterocycles. The molecule has 0 amide bonds. The standard InChI is InChI=1S/C47H33NO/c1-46(2)37-18-7-4-14-31(37)36-24-25-40-45(44(36)46)47(3)38-19-8-5-15-32(38)35-17-11-20-39(43(35)47)48(40)30-13-10-12-28(26-30)29-22-23-34-33-16-6-9-21-41(33)49-42(34)27-29/h4-27H,1-3H3. The van der Waals surface area contributed by atoms with E-state index < -0.39 is 0 Å².